The molecule has 0 atom stereocenters. The molecule has 154 valence electrons. The van der Waals surface area contributed by atoms with Gasteiger partial charge in [-0.3, -0.25) is 4.57 Å². The number of thioether (sulfide) groups is 1. The van der Waals surface area contributed by atoms with E-state index >= 15 is 0 Å². The minimum atomic E-state index is 0.664. The molecule has 0 aliphatic rings. The van der Waals surface area contributed by atoms with Crippen molar-refractivity contribution in [2.45, 2.75) is 17.8 Å². The highest BCUT2D eigenvalue weighted by molar-refractivity contribution is 7.98. The molecule has 0 radical (unpaired) electrons. The van der Waals surface area contributed by atoms with Gasteiger partial charge in [-0.25, -0.2) is 4.98 Å². The Morgan fingerprint density at radius 1 is 0.935 bits per heavy atom. The van der Waals surface area contributed by atoms with E-state index < -0.39 is 0 Å². The van der Waals surface area contributed by atoms with Crippen molar-refractivity contribution in [3.63, 3.8) is 0 Å². The smallest absolute Gasteiger partial charge is 0.196 e. The van der Waals surface area contributed by atoms with Crippen LogP contribution in [0.15, 0.2) is 78.0 Å². The number of benzene rings is 3. The number of imidazole rings is 1. The van der Waals surface area contributed by atoms with E-state index in [1.807, 2.05) is 48.5 Å². The predicted molar refractivity (Wildman–Crippen MR) is 124 cm³/mol. The van der Waals surface area contributed by atoms with Gasteiger partial charge >= 0.3 is 0 Å². The van der Waals surface area contributed by atoms with Crippen molar-refractivity contribution < 1.29 is 4.74 Å². The molecule has 31 heavy (non-hydrogen) atoms. The van der Waals surface area contributed by atoms with Crippen LogP contribution in [0.4, 0.5) is 0 Å². The fourth-order valence-electron chi connectivity index (χ4n) is 3.42. The number of aromatic amines is 1. The number of methoxy groups -OCH3 is 1. The lowest BCUT2D eigenvalue weighted by atomic mass is 10.1. The van der Waals surface area contributed by atoms with Crippen LogP contribution in [-0.2, 0) is 5.75 Å². The number of nitrogens with one attached hydrogen (secondary N) is 1. The maximum Gasteiger partial charge on any atom is 0.196 e. The van der Waals surface area contributed by atoms with Crippen molar-refractivity contribution in [1.29, 1.82) is 0 Å². The largest absolute Gasteiger partial charge is 0.497 e. The fourth-order valence-corrected chi connectivity index (χ4v) is 4.25. The second-order valence-corrected chi connectivity index (χ2v) is 8.14. The van der Waals surface area contributed by atoms with Crippen LogP contribution in [0.2, 0.25) is 0 Å². The summed E-state index contributed by atoms with van der Waals surface area (Å²) in [7, 11) is 1.67. The Labute approximate surface area is 184 Å². The topological polar surface area (TPSA) is 68.6 Å². The minimum absolute atomic E-state index is 0.664. The number of aryl methyl sites for hydroxylation is 1. The van der Waals surface area contributed by atoms with Gasteiger partial charge in [-0.05, 0) is 43.3 Å². The molecule has 0 saturated carbocycles. The number of fused-ring (bicyclic) bond motifs is 1. The average Bonchev–Trinajstić information content (AvgIpc) is 3.42. The van der Waals surface area contributed by atoms with Gasteiger partial charge in [0.1, 0.15) is 11.6 Å². The van der Waals surface area contributed by atoms with E-state index in [4.69, 9.17) is 4.74 Å². The summed E-state index contributed by atoms with van der Waals surface area (Å²) in [6.07, 6.45) is 0. The van der Waals surface area contributed by atoms with Gasteiger partial charge in [-0.2, -0.15) is 0 Å². The van der Waals surface area contributed by atoms with Crippen LogP contribution in [0.5, 0.6) is 5.75 Å². The lowest BCUT2D eigenvalue weighted by molar-refractivity contribution is 0.414. The van der Waals surface area contributed by atoms with E-state index in [0.717, 1.165) is 44.8 Å². The molecular weight excluding hydrogens is 406 g/mol. The molecule has 0 saturated heterocycles. The Kier molecular flexibility index (Phi) is 5.18. The van der Waals surface area contributed by atoms with Crippen LogP contribution >= 0.6 is 11.8 Å². The summed E-state index contributed by atoms with van der Waals surface area (Å²) in [5.74, 6) is 3.19. The van der Waals surface area contributed by atoms with Crippen LogP contribution in [0.25, 0.3) is 28.1 Å². The highest BCUT2D eigenvalue weighted by atomic mass is 32.2. The summed E-state index contributed by atoms with van der Waals surface area (Å²) in [4.78, 5) is 8.06. The zero-order valence-corrected chi connectivity index (χ0v) is 18.1. The third kappa shape index (κ3) is 3.92. The van der Waals surface area contributed by atoms with Gasteiger partial charge in [-0.1, -0.05) is 53.7 Å². The van der Waals surface area contributed by atoms with E-state index in [2.05, 4.69) is 55.9 Å². The molecule has 5 aromatic rings. The zero-order chi connectivity index (χ0) is 21.2. The summed E-state index contributed by atoms with van der Waals surface area (Å²) in [5, 5.41) is 9.83. The van der Waals surface area contributed by atoms with Gasteiger partial charge in [0.2, 0.25) is 0 Å². The van der Waals surface area contributed by atoms with Crippen molar-refractivity contribution in [2.24, 2.45) is 0 Å². The van der Waals surface area contributed by atoms with Crippen LogP contribution in [0.3, 0.4) is 0 Å². The molecule has 0 aliphatic carbocycles. The summed E-state index contributed by atoms with van der Waals surface area (Å²) in [5.41, 5.74) is 5.21. The monoisotopic (exact) mass is 427 g/mol. The molecular formula is C24H21N5OS. The third-order valence-corrected chi connectivity index (χ3v) is 5.99. The molecule has 1 N–H and O–H groups in total. The van der Waals surface area contributed by atoms with Gasteiger partial charge in [-0.15, -0.1) is 10.2 Å². The molecule has 6 nitrogen and oxygen atoms in total. The second-order valence-electron chi connectivity index (χ2n) is 7.19. The van der Waals surface area contributed by atoms with E-state index in [-0.39, 0.29) is 0 Å². The molecule has 3 aromatic carbocycles. The average molecular weight is 428 g/mol. The highest BCUT2D eigenvalue weighted by Gasteiger charge is 2.17. The van der Waals surface area contributed by atoms with E-state index in [0.29, 0.717) is 5.75 Å². The van der Waals surface area contributed by atoms with Crippen LogP contribution in [-0.4, -0.2) is 31.8 Å². The number of para-hydroxylation sites is 2. The molecule has 2 heterocycles. The van der Waals surface area contributed by atoms with Crippen molar-refractivity contribution in [3.8, 4) is 22.8 Å². The van der Waals surface area contributed by atoms with Gasteiger partial charge in [0.15, 0.2) is 11.0 Å². The number of H-pyrrole nitrogens is 1. The Balaban J connectivity index is 1.51. The molecule has 0 unspecified atom stereocenters. The Hall–Kier alpha value is -3.58. The molecule has 0 fully saturated rings. The first-order valence-electron chi connectivity index (χ1n) is 9.94. The molecule has 0 bridgehead atoms. The highest BCUT2D eigenvalue weighted by Crippen LogP contribution is 2.30. The van der Waals surface area contributed by atoms with Crippen LogP contribution in [0.1, 0.15) is 11.4 Å². The summed E-state index contributed by atoms with van der Waals surface area (Å²) < 4.78 is 7.40. The number of ether oxygens (including phenoxy) is 1. The van der Waals surface area contributed by atoms with Gasteiger partial charge < -0.3 is 9.72 Å². The number of aromatic nitrogens is 5. The zero-order valence-electron chi connectivity index (χ0n) is 17.2. The van der Waals surface area contributed by atoms with Gasteiger partial charge in [0.25, 0.3) is 0 Å². The molecule has 0 spiro atoms. The lowest BCUT2D eigenvalue weighted by Crippen LogP contribution is -2.00. The summed E-state index contributed by atoms with van der Waals surface area (Å²) >= 11 is 1.60. The standard InChI is InChI=1S/C24H21N5OS/c1-16-7-9-17(10-8-16)23-27-28-24(29(23)18-11-13-19(30-2)14-12-18)31-15-22-25-20-5-3-4-6-21(20)26-22/h3-14H,15H2,1-2H3,(H,25,26). The molecule has 7 heteroatoms. The van der Waals surface area contributed by atoms with Crippen LogP contribution in [0, 0.1) is 6.92 Å². The predicted octanol–water partition coefficient (Wildman–Crippen LogP) is 5.42. The third-order valence-electron chi connectivity index (χ3n) is 5.05. The van der Waals surface area contributed by atoms with Crippen molar-refractivity contribution >= 4 is 22.8 Å². The first-order chi connectivity index (χ1) is 15.2. The Morgan fingerprint density at radius 2 is 1.71 bits per heavy atom. The van der Waals surface area contributed by atoms with Crippen molar-refractivity contribution in [3.05, 3.63) is 84.2 Å². The second kappa shape index (κ2) is 8.28. The molecule has 0 aliphatic heterocycles. The lowest BCUT2D eigenvalue weighted by Gasteiger charge is -2.11. The number of hydrogen-bond donors (Lipinski definition) is 1. The summed E-state index contributed by atoms with van der Waals surface area (Å²) in [6, 6.07) is 24.3. The maximum atomic E-state index is 5.32. The molecule has 2 aromatic heterocycles. The fraction of sp³-hybridized carbons (Fsp3) is 0.125. The van der Waals surface area contributed by atoms with Crippen LogP contribution < -0.4 is 4.74 Å². The first-order valence-corrected chi connectivity index (χ1v) is 10.9. The Morgan fingerprint density at radius 3 is 2.45 bits per heavy atom. The summed E-state index contributed by atoms with van der Waals surface area (Å²) in [6.45, 7) is 2.08. The normalized spacial score (nSPS) is 11.2. The number of rotatable bonds is 6. The van der Waals surface area contributed by atoms with Gasteiger partial charge in [0, 0.05) is 11.3 Å². The molecule has 5 rings (SSSR count). The van der Waals surface area contributed by atoms with Gasteiger partial charge in [0.05, 0.1) is 23.9 Å². The van der Waals surface area contributed by atoms with E-state index in [1.54, 1.807) is 18.9 Å². The van der Waals surface area contributed by atoms with Crippen molar-refractivity contribution in [2.75, 3.05) is 7.11 Å². The van der Waals surface area contributed by atoms with E-state index in [1.165, 1.54) is 5.56 Å². The first kappa shape index (κ1) is 19.4. The quantitative estimate of drug-likeness (QED) is 0.367. The number of hydrogen-bond acceptors (Lipinski definition) is 5. The Bertz CT molecular complexity index is 1290. The van der Waals surface area contributed by atoms with Crippen molar-refractivity contribution in [1.82, 2.24) is 24.7 Å². The van der Waals surface area contributed by atoms with E-state index in [9.17, 15) is 0 Å². The minimum Gasteiger partial charge on any atom is -0.497 e. The SMILES string of the molecule is COc1ccc(-n2c(SCc3nc4ccccc4[nH]3)nnc2-c2ccc(C)cc2)cc1. The number of nitrogens with zero attached hydrogens (tertiary/aromatic N) is 4. The maximum absolute atomic E-state index is 5.32. The molecule has 0 amide bonds.